The lowest BCUT2D eigenvalue weighted by molar-refractivity contribution is 0.266. The second-order valence-corrected chi connectivity index (χ2v) is 7.32. The van der Waals surface area contributed by atoms with Gasteiger partial charge in [0.15, 0.2) is 9.84 Å². The molecule has 1 heterocycles. The summed E-state index contributed by atoms with van der Waals surface area (Å²) in [6, 6.07) is 0. The maximum absolute atomic E-state index is 11.7. The number of sulfone groups is 1. The van der Waals surface area contributed by atoms with Gasteiger partial charge in [-0.3, -0.25) is 0 Å². The summed E-state index contributed by atoms with van der Waals surface area (Å²) < 4.78 is 23.5. The van der Waals surface area contributed by atoms with Gasteiger partial charge in [0, 0.05) is 25.2 Å². The van der Waals surface area contributed by atoms with Crippen LogP contribution in [0.15, 0.2) is 0 Å². The maximum atomic E-state index is 11.7. The summed E-state index contributed by atoms with van der Waals surface area (Å²) in [5.41, 5.74) is 5.40. The normalized spacial score (nSPS) is 27.6. The Bertz CT molecular complexity index is 341. The molecule has 1 aliphatic rings. The van der Waals surface area contributed by atoms with Crippen LogP contribution < -0.4 is 11.1 Å². The highest BCUT2D eigenvalue weighted by Gasteiger charge is 2.37. The number of hydrogen-bond donors (Lipinski definition) is 2. The minimum Gasteiger partial charge on any atom is -0.329 e. The third-order valence-corrected chi connectivity index (χ3v) is 5.72. The van der Waals surface area contributed by atoms with Gasteiger partial charge in [-0.25, -0.2) is 8.42 Å². The zero-order chi connectivity index (χ0) is 13.6. The van der Waals surface area contributed by atoms with Crippen LogP contribution in [0.3, 0.4) is 0 Å². The van der Waals surface area contributed by atoms with Crippen molar-refractivity contribution in [2.45, 2.75) is 32.2 Å². The van der Waals surface area contributed by atoms with E-state index in [0.717, 1.165) is 39.0 Å². The van der Waals surface area contributed by atoms with Crippen LogP contribution in [0.5, 0.6) is 0 Å². The number of nitrogens with zero attached hydrogens (tertiary/aromatic N) is 1. The molecule has 6 heteroatoms. The zero-order valence-corrected chi connectivity index (χ0v) is 12.4. The largest absolute Gasteiger partial charge is 0.329 e. The summed E-state index contributed by atoms with van der Waals surface area (Å²) in [5.74, 6) is 0.501. The average Bonchev–Trinajstić information content (AvgIpc) is 2.33. The van der Waals surface area contributed by atoms with E-state index in [2.05, 4.69) is 24.1 Å². The number of rotatable bonds is 7. The number of nitrogens with two attached hydrogens (primary N) is 1. The lowest BCUT2D eigenvalue weighted by Gasteiger charge is -2.37. The third kappa shape index (κ3) is 4.50. The van der Waals surface area contributed by atoms with Crippen molar-refractivity contribution < 1.29 is 8.42 Å². The Morgan fingerprint density at radius 1 is 1.33 bits per heavy atom. The molecule has 0 aliphatic carbocycles. The Kier molecular flexibility index (Phi) is 6.04. The smallest absolute Gasteiger partial charge is 0.152 e. The van der Waals surface area contributed by atoms with E-state index in [0.29, 0.717) is 12.3 Å². The first-order valence-electron chi connectivity index (χ1n) is 6.85. The molecule has 1 saturated heterocycles. The van der Waals surface area contributed by atoms with Gasteiger partial charge in [0.2, 0.25) is 0 Å². The van der Waals surface area contributed by atoms with Gasteiger partial charge >= 0.3 is 0 Å². The molecule has 108 valence electrons. The first-order valence-corrected chi connectivity index (χ1v) is 8.67. The molecular formula is C12H27N3O2S. The topological polar surface area (TPSA) is 75.4 Å². The molecule has 1 unspecified atom stereocenters. The van der Waals surface area contributed by atoms with Gasteiger partial charge in [0.05, 0.1) is 11.5 Å². The fraction of sp³-hybridized carbons (Fsp3) is 1.00. The molecule has 5 nitrogen and oxygen atoms in total. The molecule has 0 aromatic carbocycles. The molecule has 0 bridgehead atoms. The van der Waals surface area contributed by atoms with E-state index in [1.807, 2.05) is 0 Å². The molecule has 0 saturated carbocycles. The van der Waals surface area contributed by atoms with Crippen molar-refractivity contribution in [2.24, 2.45) is 5.73 Å². The van der Waals surface area contributed by atoms with Crippen molar-refractivity contribution in [2.75, 3.05) is 44.2 Å². The number of nitrogens with one attached hydrogen (secondary N) is 1. The average molecular weight is 277 g/mol. The van der Waals surface area contributed by atoms with E-state index in [9.17, 15) is 8.42 Å². The fourth-order valence-electron chi connectivity index (χ4n) is 2.59. The van der Waals surface area contributed by atoms with Crippen LogP contribution in [0.1, 0.15) is 26.7 Å². The predicted octanol–water partition coefficient (Wildman–Crippen LogP) is -0.176. The Morgan fingerprint density at radius 2 is 2.00 bits per heavy atom. The standard InChI is InChI=1S/C12H27N3O2S/c1-3-15(4-2)8-7-14-12(10-13)6-5-9-18(16,17)11-12/h14H,3-11,13H2,1-2H3. The second kappa shape index (κ2) is 6.84. The van der Waals surface area contributed by atoms with Crippen LogP contribution in [-0.2, 0) is 9.84 Å². The van der Waals surface area contributed by atoms with Gasteiger partial charge in [0.1, 0.15) is 0 Å². The summed E-state index contributed by atoms with van der Waals surface area (Å²) in [4.78, 5) is 2.31. The van der Waals surface area contributed by atoms with Crippen LogP contribution in [0.2, 0.25) is 0 Å². The molecule has 0 spiro atoms. The molecule has 0 aromatic rings. The van der Waals surface area contributed by atoms with Crippen LogP contribution >= 0.6 is 0 Å². The highest BCUT2D eigenvalue weighted by molar-refractivity contribution is 7.91. The van der Waals surface area contributed by atoms with Crippen LogP contribution in [0, 0.1) is 0 Å². The van der Waals surface area contributed by atoms with Gasteiger partial charge < -0.3 is 16.0 Å². The van der Waals surface area contributed by atoms with Gasteiger partial charge in [0.25, 0.3) is 0 Å². The van der Waals surface area contributed by atoms with Gasteiger partial charge in [-0.1, -0.05) is 13.8 Å². The minimum absolute atomic E-state index is 0.189. The molecule has 3 N–H and O–H groups in total. The summed E-state index contributed by atoms with van der Waals surface area (Å²) >= 11 is 0. The molecule has 0 amide bonds. The summed E-state index contributed by atoms with van der Waals surface area (Å²) in [6.07, 6.45) is 1.58. The monoisotopic (exact) mass is 277 g/mol. The van der Waals surface area contributed by atoms with E-state index in [4.69, 9.17) is 5.73 Å². The number of likely N-dealkylation sites (N-methyl/N-ethyl adjacent to an activating group) is 1. The Balaban J connectivity index is 2.50. The predicted molar refractivity (Wildman–Crippen MR) is 75.5 cm³/mol. The van der Waals surface area contributed by atoms with Crippen molar-refractivity contribution in [3.8, 4) is 0 Å². The minimum atomic E-state index is -2.92. The van der Waals surface area contributed by atoms with E-state index in [1.165, 1.54) is 0 Å². The maximum Gasteiger partial charge on any atom is 0.152 e. The van der Waals surface area contributed by atoms with Crippen molar-refractivity contribution in [3.63, 3.8) is 0 Å². The molecular weight excluding hydrogens is 250 g/mol. The highest BCUT2D eigenvalue weighted by Crippen LogP contribution is 2.21. The summed E-state index contributed by atoms with van der Waals surface area (Å²) in [7, 11) is -2.92. The number of hydrogen-bond acceptors (Lipinski definition) is 5. The molecule has 0 aromatic heterocycles. The van der Waals surface area contributed by atoms with E-state index >= 15 is 0 Å². The SMILES string of the molecule is CCN(CC)CCNC1(CN)CCCS(=O)(=O)C1. The molecule has 1 rings (SSSR count). The molecule has 1 fully saturated rings. The zero-order valence-electron chi connectivity index (χ0n) is 11.6. The van der Waals surface area contributed by atoms with Crippen molar-refractivity contribution in [1.82, 2.24) is 10.2 Å². The van der Waals surface area contributed by atoms with E-state index in [1.54, 1.807) is 0 Å². The molecule has 18 heavy (non-hydrogen) atoms. The molecule has 1 aliphatic heterocycles. The van der Waals surface area contributed by atoms with Crippen LogP contribution in [-0.4, -0.2) is 63.1 Å². The second-order valence-electron chi connectivity index (χ2n) is 5.13. The Hall–Kier alpha value is -0.170. The van der Waals surface area contributed by atoms with Crippen LogP contribution in [0.4, 0.5) is 0 Å². The van der Waals surface area contributed by atoms with E-state index < -0.39 is 15.4 Å². The quantitative estimate of drug-likeness (QED) is 0.675. The lowest BCUT2D eigenvalue weighted by Crippen LogP contribution is -2.59. The first kappa shape index (κ1) is 15.9. The van der Waals surface area contributed by atoms with Crippen LogP contribution in [0.25, 0.3) is 0 Å². The van der Waals surface area contributed by atoms with Crippen molar-refractivity contribution in [3.05, 3.63) is 0 Å². The molecule has 1 atom stereocenters. The Labute approximate surface area is 111 Å². The Morgan fingerprint density at radius 3 is 2.50 bits per heavy atom. The summed E-state index contributed by atoms with van der Waals surface area (Å²) in [5, 5.41) is 3.39. The van der Waals surface area contributed by atoms with Gasteiger partial charge in [-0.2, -0.15) is 0 Å². The van der Waals surface area contributed by atoms with Gasteiger partial charge in [-0.15, -0.1) is 0 Å². The van der Waals surface area contributed by atoms with Gasteiger partial charge in [-0.05, 0) is 25.9 Å². The fourth-order valence-corrected chi connectivity index (χ4v) is 4.52. The van der Waals surface area contributed by atoms with Crippen molar-refractivity contribution in [1.29, 1.82) is 0 Å². The highest BCUT2D eigenvalue weighted by atomic mass is 32.2. The first-order chi connectivity index (χ1) is 8.47. The van der Waals surface area contributed by atoms with E-state index in [-0.39, 0.29) is 5.75 Å². The van der Waals surface area contributed by atoms with Crippen molar-refractivity contribution >= 4 is 9.84 Å². The third-order valence-electron chi connectivity index (χ3n) is 3.82. The summed E-state index contributed by atoms with van der Waals surface area (Å²) in [6.45, 7) is 8.44. The molecule has 0 radical (unpaired) electrons. The lowest BCUT2D eigenvalue weighted by atomic mass is 9.95.